The van der Waals surface area contributed by atoms with E-state index in [9.17, 15) is 18.0 Å². The van der Waals surface area contributed by atoms with E-state index in [1.807, 2.05) is 0 Å². The van der Waals surface area contributed by atoms with E-state index in [4.69, 9.17) is 9.15 Å². The summed E-state index contributed by atoms with van der Waals surface area (Å²) in [6.07, 6.45) is -3.75. The van der Waals surface area contributed by atoms with Crippen LogP contribution >= 0.6 is 0 Å². The molecule has 1 aliphatic heterocycles. The van der Waals surface area contributed by atoms with Gasteiger partial charge in [0.1, 0.15) is 5.75 Å². The Hall–Kier alpha value is -2.78. The van der Waals surface area contributed by atoms with E-state index in [1.165, 1.54) is 7.11 Å². The number of amides is 2. The number of urea groups is 1. The van der Waals surface area contributed by atoms with Crippen molar-refractivity contribution in [1.29, 1.82) is 0 Å². The number of nitrogens with one attached hydrogen (secondary N) is 1. The average Bonchev–Trinajstić information content (AvgIpc) is 3.12. The minimum absolute atomic E-state index is 0.0369. The van der Waals surface area contributed by atoms with Crippen LogP contribution in [-0.2, 0) is 6.18 Å². The number of nitrogens with zero attached hydrogens (tertiary/aromatic N) is 3. The summed E-state index contributed by atoms with van der Waals surface area (Å²) in [5, 5.41) is 9.31. The summed E-state index contributed by atoms with van der Waals surface area (Å²) in [6, 6.07) is 6.68. The van der Waals surface area contributed by atoms with E-state index in [2.05, 4.69) is 15.5 Å². The Labute approximate surface area is 147 Å². The number of piperidine rings is 1. The van der Waals surface area contributed by atoms with Gasteiger partial charge in [0.25, 0.3) is 0 Å². The number of carbonyl (C=O) groups excluding carboxylic acids is 1. The number of hydrogen-bond donors (Lipinski definition) is 1. The lowest BCUT2D eigenvalue weighted by molar-refractivity contribution is -0.157. The fourth-order valence-electron chi connectivity index (χ4n) is 2.75. The normalized spacial score (nSPS) is 15.8. The van der Waals surface area contributed by atoms with Gasteiger partial charge in [-0.3, -0.25) is 0 Å². The SMILES string of the molecule is COc1cccc(NC(=O)N2CCC(c3nnc(C(F)(F)F)o3)CC2)c1. The summed E-state index contributed by atoms with van der Waals surface area (Å²) < 4.78 is 47.4. The molecule has 0 bridgehead atoms. The number of alkyl halides is 3. The molecule has 0 atom stereocenters. The van der Waals surface area contributed by atoms with Crippen molar-refractivity contribution >= 4 is 11.7 Å². The number of hydrogen-bond acceptors (Lipinski definition) is 5. The average molecular weight is 370 g/mol. The summed E-state index contributed by atoms with van der Waals surface area (Å²) in [5.74, 6) is -1.05. The van der Waals surface area contributed by atoms with Crippen LogP contribution in [-0.4, -0.2) is 41.3 Å². The van der Waals surface area contributed by atoms with E-state index in [1.54, 1.807) is 29.2 Å². The largest absolute Gasteiger partial charge is 0.497 e. The molecule has 26 heavy (non-hydrogen) atoms. The van der Waals surface area contributed by atoms with Gasteiger partial charge in [0.05, 0.1) is 7.11 Å². The maximum Gasteiger partial charge on any atom is 0.470 e. The van der Waals surface area contributed by atoms with Gasteiger partial charge in [0.2, 0.25) is 5.89 Å². The van der Waals surface area contributed by atoms with Crippen LogP contribution in [0.3, 0.4) is 0 Å². The summed E-state index contributed by atoms with van der Waals surface area (Å²) >= 11 is 0. The molecule has 3 rings (SSSR count). The molecule has 0 spiro atoms. The summed E-state index contributed by atoms with van der Waals surface area (Å²) in [4.78, 5) is 13.9. The zero-order chi connectivity index (χ0) is 18.7. The molecule has 10 heteroatoms. The van der Waals surface area contributed by atoms with E-state index in [-0.39, 0.29) is 17.8 Å². The van der Waals surface area contributed by atoms with Gasteiger partial charge in [-0.1, -0.05) is 6.07 Å². The molecule has 140 valence electrons. The van der Waals surface area contributed by atoms with Crippen LogP contribution in [0.1, 0.15) is 30.5 Å². The van der Waals surface area contributed by atoms with Crippen LogP contribution in [0.25, 0.3) is 0 Å². The van der Waals surface area contributed by atoms with Crippen LogP contribution in [0.2, 0.25) is 0 Å². The minimum Gasteiger partial charge on any atom is -0.497 e. The molecule has 1 saturated heterocycles. The third-order valence-electron chi connectivity index (χ3n) is 4.14. The molecule has 2 aromatic rings. The number of anilines is 1. The molecule has 1 aromatic heterocycles. The molecule has 1 aromatic carbocycles. The first kappa shape index (κ1) is 18.0. The number of carbonyl (C=O) groups is 1. The quantitative estimate of drug-likeness (QED) is 0.894. The third-order valence-corrected chi connectivity index (χ3v) is 4.14. The molecule has 0 radical (unpaired) electrons. The molecule has 0 aliphatic carbocycles. The fraction of sp³-hybridized carbons (Fsp3) is 0.438. The molecule has 2 heterocycles. The molecule has 1 aliphatic rings. The van der Waals surface area contributed by atoms with Crippen molar-refractivity contribution in [2.45, 2.75) is 24.9 Å². The smallest absolute Gasteiger partial charge is 0.470 e. The van der Waals surface area contributed by atoms with E-state index >= 15 is 0 Å². The van der Waals surface area contributed by atoms with E-state index in [0.717, 1.165) is 0 Å². The molecule has 7 nitrogen and oxygen atoms in total. The molecular formula is C16H17F3N4O3. The van der Waals surface area contributed by atoms with Gasteiger partial charge >= 0.3 is 18.1 Å². The predicted octanol–water partition coefficient (Wildman–Crippen LogP) is 3.51. The van der Waals surface area contributed by atoms with Crippen molar-refractivity contribution in [3.05, 3.63) is 36.0 Å². The highest BCUT2D eigenvalue weighted by molar-refractivity contribution is 5.89. The van der Waals surface area contributed by atoms with Crippen molar-refractivity contribution in [3.8, 4) is 5.75 Å². The fourth-order valence-corrected chi connectivity index (χ4v) is 2.75. The standard InChI is InChI=1S/C16H17F3N4O3/c1-25-12-4-2-3-11(9-12)20-15(24)23-7-5-10(6-8-23)13-21-22-14(26-13)16(17,18)19/h2-4,9-10H,5-8H2,1H3,(H,20,24). The third kappa shape index (κ3) is 4.06. The Morgan fingerprint density at radius 1 is 1.31 bits per heavy atom. The first-order valence-corrected chi connectivity index (χ1v) is 7.97. The molecule has 1 N–H and O–H groups in total. The van der Waals surface area contributed by atoms with Gasteiger partial charge in [-0.05, 0) is 25.0 Å². The first-order chi connectivity index (χ1) is 12.4. The van der Waals surface area contributed by atoms with Gasteiger partial charge in [0, 0.05) is 30.8 Å². The number of benzene rings is 1. The Bertz CT molecular complexity index is 770. The predicted molar refractivity (Wildman–Crippen MR) is 84.9 cm³/mol. The van der Waals surface area contributed by atoms with Gasteiger partial charge in [0.15, 0.2) is 0 Å². The highest BCUT2D eigenvalue weighted by atomic mass is 19.4. The minimum atomic E-state index is -4.65. The maximum atomic E-state index is 12.5. The molecule has 1 fully saturated rings. The lowest BCUT2D eigenvalue weighted by Gasteiger charge is -2.30. The summed E-state index contributed by atoms with van der Waals surface area (Å²) in [5.41, 5.74) is 0.600. The van der Waals surface area contributed by atoms with Crippen molar-refractivity contribution in [1.82, 2.24) is 15.1 Å². The van der Waals surface area contributed by atoms with E-state index < -0.39 is 12.1 Å². The summed E-state index contributed by atoms with van der Waals surface area (Å²) in [7, 11) is 1.54. The monoisotopic (exact) mass is 370 g/mol. The lowest BCUT2D eigenvalue weighted by Crippen LogP contribution is -2.40. The number of likely N-dealkylation sites (tertiary alicyclic amines) is 1. The van der Waals surface area contributed by atoms with Crippen LogP contribution in [0.15, 0.2) is 28.7 Å². The number of halogens is 3. The van der Waals surface area contributed by atoms with Crippen molar-refractivity contribution in [2.75, 3.05) is 25.5 Å². The van der Waals surface area contributed by atoms with Crippen molar-refractivity contribution in [3.63, 3.8) is 0 Å². The lowest BCUT2D eigenvalue weighted by atomic mass is 9.97. The van der Waals surface area contributed by atoms with Crippen LogP contribution < -0.4 is 10.1 Å². The maximum absolute atomic E-state index is 12.5. The van der Waals surface area contributed by atoms with Crippen molar-refractivity contribution in [2.24, 2.45) is 0 Å². The number of ether oxygens (including phenoxy) is 1. The topological polar surface area (TPSA) is 80.5 Å². The van der Waals surface area contributed by atoms with Gasteiger partial charge in [-0.25, -0.2) is 4.79 Å². The van der Waals surface area contributed by atoms with Gasteiger partial charge < -0.3 is 19.4 Å². The molecule has 2 amide bonds. The second kappa shape index (κ2) is 7.22. The Balaban J connectivity index is 1.56. The zero-order valence-electron chi connectivity index (χ0n) is 13.9. The molecular weight excluding hydrogens is 353 g/mol. The Morgan fingerprint density at radius 3 is 2.65 bits per heavy atom. The van der Waals surface area contributed by atoms with Gasteiger partial charge in [-0.15, -0.1) is 10.2 Å². The first-order valence-electron chi connectivity index (χ1n) is 7.97. The molecule has 0 unspecified atom stereocenters. The van der Waals surface area contributed by atoms with E-state index in [0.29, 0.717) is 37.4 Å². The second-order valence-electron chi connectivity index (χ2n) is 5.87. The second-order valence-corrected chi connectivity index (χ2v) is 5.87. The Morgan fingerprint density at radius 2 is 2.04 bits per heavy atom. The van der Waals surface area contributed by atoms with Gasteiger partial charge in [-0.2, -0.15) is 13.2 Å². The number of rotatable bonds is 3. The highest BCUT2D eigenvalue weighted by Crippen LogP contribution is 2.32. The zero-order valence-corrected chi connectivity index (χ0v) is 13.9. The highest BCUT2D eigenvalue weighted by Gasteiger charge is 2.39. The number of methoxy groups -OCH3 is 1. The molecule has 0 saturated carbocycles. The van der Waals surface area contributed by atoms with Crippen LogP contribution in [0.5, 0.6) is 5.75 Å². The van der Waals surface area contributed by atoms with Crippen LogP contribution in [0.4, 0.5) is 23.7 Å². The Kier molecular flexibility index (Phi) is 5.01. The number of aromatic nitrogens is 2. The van der Waals surface area contributed by atoms with Crippen LogP contribution in [0, 0.1) is 0 Å². The van der Waals surface area contributed by atoms with Crippen molar-refractivity contribution < 1.29 is 27.1 Å². The summed E-state index contributed by atoms with van der Waals surface area (Å²) in [6.45, 7) is 0.758.